The lowest BCUT2D eigenvalue weighted by molar-refractivity contribution is 0.0207. The first-order chi connectivity index (χ1) is 12.7. The third-order valence-electron chi connectivity index (χ3n) is 4.77. The van der Waals surface area contributed by atoms with Gasteiger partial charge in [-0.25, -0.2) is 4.98 Å². The van der Waals surface area contributed by atoms with Crippen LogP contribution in [0, 0.1) is 0 Å². The number of nitrogens with one attached hydrogen (secondary N) is 2. The van der Waals surface area contributed by atoms with Gasteiger partial charge in [0.25, 0.3) is 5.91 Å². The van der Waals surface area contributed by atoms with Gasteiger partial charge in [0.2, 0.25) is 11.8 Å². The zero-order valence-electron chi connectivity index (χ0n) is 15.2. The quantitative estimate of drug-likeness (QED) is 0.702. The predicted octanol–water partition coefficient (Wildman–Crippen LogP) is 1.50. The van der Waals surface area contributed by atoms with E-state index in [-0.39, 0.29) is 30.0 Å². The minimum Gasteiger partial charge on any atom is -0.477 e. The van der Waals surface area contributed by atoms with E-state index >= 15 is 0 Å². The van der Waals surface area contributed by atoms with Crippen LogP contribution in [0.15, 0.2) is 6.20 Å². The van der Waals surface area contributed by atoms with E-state index in [9.17, 15) is 9.90 Å². The Labute approximate surface area is 153 Å². The van der Waals surface area contributed by atoms with Gasteiger partial charge in [-0.1, -0.05) is 12.8 Å². The summed E-state index contributed by atoms with van der Waals surface area (Å²) in [5, 5.41) is 16.1. The van der Waals surface area contributed by atoms with E-state index in [0.717, 1.165) is 32.1 Å². The molecule has 2 atom stereocenters. The molecule has 144 valence electrons. The van der Waals surface area contributed by atoms with Crippen LogP contribution in [0.5, 0.6) is 5.88 Å². The molecule has 2 aliphatic rings. The largest absolute Gasteiger partial charge is 0.477 e. The normalized spacial score (nSPS) is 24.1. The summed E-state index contributed by atoms with van der Waals surface area (Å²) in [5.41, 5.74) is 0.338. The third kappa shape index (κ3) is 5.04. The molecule has 2 heterocycles. The molecule has 1 saturated carbocycles. The molecule has 0 radical (unpaired) electrons. The lowest BCUT2D eigenvalue weighted by atomic mass is 9.95. The van der Waals surface area contributed by atoms with Crippen molar-refractivity contribution in [1.82, 2.24) is 15.3 Å². The molecule has 0 spiro atoms. The molecular formula is C18H28N4O4. The third-order valence-corrected chi connectivity index (χ3v) is 4.77. The number of rotatable bonds is 6. The van der Waals surface area contributed by atoms with Crippen LogP contribution in [0.2, 0.25) is 0 Å². The summed E-state index contributed by atoms with van der Waals surface area (Å²) in [7, 11) is 0. The van der Waals surface area contributed by atoms with Gasteiger partial charge in [-0.15, -0.1) is 0 Å². The Bertz CT molecular complexity index is 609. The Kier molecular flexibility index (Phi) is 6.62. The Morgan fingerprint density at radius 2 is 2.08 bits per heavy atom. The van der Waals surface area contributed by atoms with E-state index < -0.39 is 0 Å². The molecule has 3 rings (SSSR count). The van der Waals surface area contributed by atoms with Gasteiger partial charge in [-0.2, -0.15) is 4.98 Å². The zero-order chi connectivity index (χ0) is 18.4. The topological polar surface area (TPSA) is 106 Å². The molecule has 1 aromatic heterocycles. The molecule has 1 aromatic rings. The number of aliphatic hydroxyl groups excluding tert-OH is 1. The fourth-order valence-electron chi connectivity index (χ4n) is 3.20. The minimum atomic E-state index is -0.266. The van der Waals surface area contributed by atoms with Gasteiger partial charge >= 0.3 is 0 Å². The van der Waals surface area contributed by atoms with Crippen molar-refractivity contribution in [3.8, 4) is 5.88 Å². The molecule has 1 amide bonds. The molecule has 1 aliphatic heterocycles. The highest BCUT2D eigenvalue weighted by Crippen LogP contribution is 2.21. The first-order valence-corrected chi connectivity index (χ1v) is 9.48. The second kappa shape index (κ2) is 9.14. The molecule has 0 aromatic carbocycles. The number of carbonyl (C=O) groups excluding carboxylic acids is 1. The van der Waals surface area contributed by atoms with E-state index in [1.54, 1.807) is 0 Å². The lowest BCUT2D eigenvalue weighted by Gasteiger charge is -2.27. The van der Waals surface area contributed by atoms with Crippen LogP contribution in [-0.2, 0) is 4.74 Å². The Balaban J connectivity index is 1.66. The van der Waals surface area contributed by atoms with Gasteiger partial charge in [0.15, 0.2) is 0 Å². The summed E-state index contributed by atoms with van der Waals surface area (Å²) in [6.07, 6.45) is 6.50. The van der Waals surface area contributed by atoms with Crippen LogP contribution in [0.4, 0.5) is 5.95 Å². The molecule has 2 fully saturated rings. The van der Waals surface area contributed by atoms with Gasteiger partial charge in [-0.05, 0) is 32.6 Å². The number of hydrogen-bond acceptors (Lipinski definition) is 7. The molecule has 1 aliphatic carbocycles. The summed E-state index contributed by atoms with van der Waals surface area (Å²) in [6, 6.07) is 0.252. The highest BCUT2D eigenvalue weighted by Gasteiger charge is 2.23. The maximum absolute atomic E-state index is 12.7. The van der Waals surface area contributed by atoms with Gasteiger partial charge in [0.05, 0.1) is 32.0 Å². The number of nitrogens with zero attached hydrogens (tertiary/aromatic N) is 2. The number of carbonyl (C=O) groups is 1. The Hall–Kier alpha value is -1.93. The zero-order valence-corrected chi connectivity index (χ0v) is 15.2. The molecule has 26 heavy (non-hydrogen) atoms. The fraction of sp³-hybridized carbons (Fsp3) is 0.722. The summed E-state index contributed by atoms with van der Waals surface area (Å²) < 4.78 is 10.7. The monoisotopic (exact) mass is 364 g/mol. The average Bonchev–Trinajstić information content (AvgIpc) is 2.58. The predicted molar refractivity (Wildman–Crippen MR) is 96.4 cm³/mol. The first kappa shape index (κ1) is 18.8. The maximum Gasteiger partial charge on any atom is 0.258 e. The highest BCUT2D eigenvalue weighted by atomic mass is 16.5. The number of amides is 1. The van der Waals surface area contributed by atoms with E-state index in [1.807, 2.05) is 6.92 Å². The summed E-state index contributed by atoms with van der Waals surface area (Å²) in [6.45, 7) is 3.53. The number of anilines is 1. The Morgan fingerprint density at radius 1 is 1.27 bits per heavy atom. The molecule has 3 N–H and O–H groups in total. The molecule has 0 bridgehead atoms. The average molecular weight is 364 g/mol. The molecule has 1 saturated heterocycles. The molecule has 8 nitrogen and oxygen atoms in total. The van der Waals surface area contributed by atoms with Crippen molar-refractivity contribution in [3.05, 3.63) is 11.8 Å². The van der Waals surface area contributed by atoms with Crippen molar-refractivity contribution in [2.24, 2.45) is 0 Å². The van der Waals surface area contributed by atoms with Gasteiger partial charge in [0.1, 0.15) is 5.56 Å². The summed E-state index contributed by atoms with van der Waals surface area (Å²) >= 11 is 0. The van der Waals surface area contributed by atoms with Crippen LogP contribution >= 0.6 is 0 Å². The highest BCUT2D eigenvalue weighted by molar-refractivity contribution is 5.96. The molecule has 8 heteroatoms. The standard InChI is InChI=1S/C18H28N4O4/c1-2-26-17-15(9-19-18(22-17)21-13-10-25-11-13)16(24)20-12-5-3-4-6-14(23)8-7-12/h9,12-14,23H,2-8,10-11H2,1H3,(H,20,24)(H,19,21,22)/t12-,14+/m1/s1. The van der Waals surface area contributed by atoms with Crippen LogP contribution in [0.1, 0.15) is 55.8 Å². The van der Waals surface area contributed by atoms with Crippen molar-refractivity contribution in [2.75, 3.05) is 25.1 Å². The smallest absolute Gasteiger partial charge is 0.258 e. The first-order valence-electron chi connectivity index (χ1n) is 9.48. The number of aromatic nitrogens is 2. The fourth-order valence-corrected chi connectivity index (χ4v) is 3.20. The van der Waals surface area contributed by atoms with Crippen LogP contribution in [0.25, 0.3) is 0 Å². The summed E-state index contributed by atoms with van der Waals surface area (Å²) in [4.78, 5) is 21.3. The van der Waals surface area contributed by atoms with Crippen molar-refractivity contribution in [1.29, 1.82) is 0 Å². The number of hydrogen-bond donors (Lipinski definition) is 3. The van der Waals surface area contributed by atoms with Crippen molar-refractivity contribution >= 4 is 11.9 Å². The molecular weight excluding hydrogens is 336 g/mol. The number of aliphatic hydroxyl groups is 1. The van der Waals surface area contributed by atoms with E-state index in [2.05, 4.69) is 20.6 Å². The number of ether oxygens (including phenoxy) is 2. The van der Waals surface area contributed by atoms with Gasteiger partial charge in [-0.3, -0.25) is 4.79 Å². The summed E-state index contributed by atoms with van der Waals surface area (Å²) in [5.74, 6) is 0.494. The maximum atomic E-state index is 12.7. The van der Waals surface area contributed by atoms with Crippen LogP contribution < -0.4 is 15.4 Å². The second-order valence-electron chi connectivity index (χ2n) is 6.91. The van der Waals surface area contributed by atoms with E-state index in [0.29, 0.717) is 37.8 Å². The van der Waals surface area contributed by atoms with Gasteiger partial charge in [0, 0.05) is 12.2 Å². The van der Waals surface area contributed by atoms with E-state index in [4.69, 9.17) is 9.47 Å². The second-order valence-corrected chi connectivity index (χ2v) is 6.91. The minimum absolute atomic E-state index is 0.0526. The van der Waals surface area contributed by atoms with Crippen molar-refractivity contribution in [2.45, 2.75) is 63.6 Å². The SMILES string of the molecule is CCOc1nc(NC2COC2)ncc1C(=O)N[C@@H]1CCCC[C@H](O)CC1. The van der Waals surface area contributed by atoms with Crippen molar-refractivity contribution in [3.63, 3.8) is 0 Å². The van der Waals surface area contributed by atoms with Gasteiger partial charge < -0.3 is 25.2 Å². The van der Waals surface area contributed by atoms with Crippen LogP contribution in [-0.4, -0.2) is 59.0 Å². The van der Waals surface area contributed by atoms with Crippen LogP contribution in [0.3, 0.4) is 0 Å². The van der Waals surface area contributed by atoms with E-state index in [1.165, 1.54) is 6.20 Å². The molecule has 0 unspecified atom stereocenters. The lowest BCUT2D eigenvalue weighted by Crippen LogP contribution is -2.41. The van der Waals surface area contributed by atoms with Crippen molar-refractivity contribution < 1.29 is 19.4 Å². The Morgan fingerprint density at radius 3 is 2.81 bits per heavy atom.